The molecule has 0 atom stereocenters. The van der Waals surface area contributed by atoms with Crippen molar-refractivity contribution >= 4 is 17.3 Å². The van der Waals surface area contributed by atoms with Gasteiger partial charge >= 0.3 is 0 Å². The summed E-state index contributed by atoms with van der Waals surface area (Å²) in [7, 11) is 0. The summed E-state index contributed by atoms with van der Waals surface area (Å²) in [5, 5.41) is 2.26. The Morgan fingerprint density at radius 1 is 1.12 bits per heavy atom. The summed E-state index contributed by atoms with van der Waals surface area (Å²) < 4.78 is 2.32. The molecular weight excluding hydrogens is 226 g/mol. The minimum atomic E-state index is 1.05. The summed E-state index contributed by atoms with van der Waals surface area (Å²) in [6.07, 6.45) is 7.72. The Morgan fingerprint density at radius 3 is 3.06 bits per heavy atom. The molecule has 0 saturated heterocycles. The Labute approximate surface area is 104 Å². The molecule has 0 fully saturated rings. The largest absolute Gasteiger partial charge is 0.315 e. The minimum absolute atomic E-state index is 1.05. The standard InChI is InChI=1S/C15H11NS/c1-2-7-14-13(6-1)16-9-8-11-4-3-5-12(10-17-14)15(11)16/h1-3,5-10H,4H2. The molecule has 1 aliphatic heterocycles. The van der Waals surface area contributed by atoms with Gasteiger partial charge in [0.1, 0.15) is 0 Å². The Morgan fingerprint density at radius 2 is 2.06 bits per heavy atom. The van der Waals surface area contributed by atoms with Gasteiger partial charge in [0.2, 0.25) is 0 Å². The predicted molar refractivity (Wildman–Crippen MR) is 72.4 cm³/mol. The first-order chi connectivity index (χ1) is 8.43. The van der Waals surface area contributed by atoms with E-state index in [4.69, 9.17) is 0 Å². The van der Waals surface area contributed by atoms with Crippen LogP contribution < -0.4 is 0 Å². The molecule has 0 N–H and O–H groups in total. The summed E-state index contributed by atoms with van der Waals surface area (Å²) in [6, 6.07) is 10.8. The molecule has 1 aromatic carbocycles. The van der Waals surface area contributed by atoms with Crippen LogP contribution in [0.15, 0.2) is 59.0 Å². The third-order valence-electron chi connectivity index (χ3n) is 3.32. The summed E-state index contributed by atoms with van der Waals surface area (Å²) >= 11 is 1.81. The highest BCUT2D eigenvalue weighted by molar-refractivity contribution is 8.02. The van der Waals surface area contributed by atoms with Crippen LogP contribution in [0.25, 0.3) is 11.3 Å². The normalized spacial score (nSPS) is 15.9. The molecule has 0 spiro atoms. The second-order valence-electron chi connectivity index (χ2n) is 4.32. The molecule has 1 nitrogen and oxygen atoms in total. The molecule has 17 heavy (non-hydrogen) atoms. The topological polar surface area (TPSA) is 4.93 Å². The van der Waals surface area contributed by atoms with Gasteiger partial charge in [-0.1, -0.05) is 36.0 Å². The molecule has 0 amide bonds. The maximum absolute atomic E-state index is 2.32. The molecule has 0 radical (unpaired) electrons. The van der Waals surface area contributed by atoms with Crippen LogP contribution in [0.2, 0.25) is 0 Å². The summed E-state index contributed by atoms with van der Waals surface area (Å²) in [6.45, 7) is 0. The SMILES string of the molecule is C1=CC2=CSc3ccccc3-n3ccc(c32)C1. The van der Waals surface area contributed by atoms with E-state index < -0.39 is 0 Å². The van der Waals surface area contributed by atoms with E-state index in [0.29, 0.717) is 0 Å². The summed E-state index contributed by atoms with van der Waals surface area (Å²) in [5.41, 5.74) is 5.42. The summed E-state index contributed by atoms with van der Waals surface area (Å²) in [5.74, 6) is 0. The fourth-order valence-corrected chi connectivity index (χ4v) is 3.42. The molecular formula is C15H11NS. The van der Waals surface area contributed by atoms with Gasteiger partial charge in [-0.05, 0) is 35.6 Å². The van der Waals surface area contributed by atoms with Crippen LogP contribution in [-0.4, -0.2) is 4.57 Å². The number of aromatic nitrogens is 1. The van der Waals surface area contributed by atoms with Gasteiger partial charge in [0.25, 0.3) is 0 Å². The van der Waals surface area contributed by atoms with Gasteiger partial charge in [-0.25, -0.2) is 0 Å². The summed E-state index contributed by atoms with van der Waals surface area (Å²) in [4.78, 5) is 1.32. The monoisotopic (exact) mass is 237 g/mol. The quantitative estimate of drug-likeness (QED) is 0.669. The van der Waals surface area contributed by atoms with Crippen LogP contribution >= 0.6 is 11.8 Å². The van der Waals surface area contributed by atoms with Crippen molar-refractivity contribution in [2.45, 2.75) is 11.3 Å². The first-order valence-electron chi connectivity index (χ1n) is 5.77. The zero-order valence-corrected chi connectivity index (χ0v) is 10.1. The molecule has 1 aromatic heterocycles. The average Bonchev–Trinajstić information content (AvgIpc) is 2.73. The Hall–Kier alpha value is -1.67. The number of thioether (sulfide) groups is 1. The zero-order chi connectivity index (χ0) is 11.2. The highest BCUT2D eigenvalue weighted by atomic mass is 32.2. The van der Waals surface area contributed by atoms with Crippen LogP contribution in [0.4, 0.5) is 0 Å². The van der Waals surface area contributed by atoms with Gasteiger partial charge in [0.05, 0.1) is 11.4 Å². The number of hydrogen-bond acceptors (Lipinski definition) is 1. The van der Waals surface area contributed by atoms with Crippen LogP contribution in [0.5, 0.6) is 0 Å². The first kappa shape index (κ1) is 9.37. The van der Waals surface area contributed by atoms with Crippen molar-refractivity contribution in [3.05, 3.63) is 65.3 Å². The molecule has 2 heterocycles. The molecule has 4 rings (SSSR count). The van der Waals surface area contributed by atoms with Crippen molar-refractivity contribution in [2.75, 3.05) is 0 Å². The van der Waals surface area contributed by atoms with Gasteiger partial charge in [-0.15, -0.1) is 0 Å². The van der Waals surface area contributed by atoms with Gasteiger partial charge in [-0.2, -0.15) is 0 Å². The smallest absolute Gasteiger partial charge is 0.0595 e. The predicted octanol–water partition coefficient (Wildman–Crippen LogP) is 4.04. The number of allylic oxidation sites excluding steroid dienone is 3. The average molecular weight is 237 g/mol. The number of benzene rings is 1. The van der Waals surface area contributed by atoms with Gasteiger partial charge in [-0.3, -0.25) is 0 Å². The molecule has 0 bridgehead atoms. The molecule has 2 aliphatic rings. The van der Waals surface area contributed by atoms with Crippen molar-refractivity contribution in [1.29, 1.82) is 0 Å². The fraction of sp³-hybridized carbons (Fsp3) is 0.0667. The number of nitrogens with zero attached hydrogens (tertiary/aromatic N) is 1. The van der Waals surface area contributed by atoms with Crippen molar-refractivity contribution in [3.8, 4) is 5.69 Å². The zero-order valence-electron chi connectivity index (χ0n) is 9.26. The minimum Gasteiger partial charge on any atom is -0.315 e. The Balaban J connectivity index is 2.09. The lowest BCUT2D eigenvalue weighted by Crippen LogP contribution is -2.01. The Bertz CT molecular complexity index is 661. The lowest BCUT2D eigenvalue weighted by Gasteiger charge is -2.13. The second-order valence-corrected chi connectivity index (χ2v) is 5.24. The van der Waals surface area contributed by atoms with Gasteiger partial charge in [0, 0.05) is 16.7 Å². The highest BCUT2D eigenvalue weighted by Gasteiger charge is 2.19. The number of rotatable bonds is 0. The lowest BCUT2D eigenvalue weighted by atomic mass is 10.0. The number of fused-ring (bicyclic) bond motifs is 2. The van der Waals surface area contributed by atoms with E-state index >= 15 is 0 Å². The van der Waals surface area contributed by atoms with Crippen molar-refractivity contribution in [3.63, 3.8) is 0 Å². The van der Waals surface area contributed by atoms with Crippen molar-refractivity contribution in [1.82, 2.24) is 4.57 Å². The molecule has 2 heteroatoms. The molecule has 82 valence electrons. The van der Waals surface area contributed by atoms with Gasteiger partial charge < -0.3 is 4.57 Å². The lowest BCUT2D eigenvalue weighted by molar-refractivity contribution is 1.01. The van der Waals surface area contributed by atoms with Crippen molar-refractivity contribution < 1.29 is 0 Å². The van der Waals surface area contributed by atoms with E-state index in [1.807, 2.05) is 11.8 Å². The molecule has 0 saturated carbocycles. The van der Waals surface area contributed by atoms with E-state index in [0.717, 1.165) is 6.42 Å². The third-order valence-corrected chi connectivity index (χ3v) is 4.29. The van der Waals surface area contributed by atoms with Gasteiger partial charge in [0.15, 0.2) is 0 Å². The van der Waals surface area contributed by atoms with Crippen LogP contribution in [0, 0.1) is 0 Å². The first-order valence-corrected chi connectivity index (χ1v) is 6.65. The van der Waals surface area contributed by atoms with Crippen LogP contribution in [0.3, 0.4) is 0 Å². The second kappa shape index (κ2) is 3.41. The van der Waals surface area contributed by atoms with E-state index in [-0.39, 0.29) is 0 Å². The van der Waals surface area contributed by atoms with E-state index in [1.165, 1.54) is 27.4 Å². The van der Waals surface area contributed by atoms with E-state index in [2.05, 4.69) is 58.7 Å². The highest BCUT2D eigenvalue weighted by Crippen LogP contribution is 2.39. The number of hydrogen-bond donors (Lipinski definition) is 0. The third kappa shape index (κ3) is 1.28. The Kier molecular flexibility index (Phi) is 1.88. The fourth-order valence-electron chi connectivity index (χ4n) is 2.53. The van der Waals surface area contributed by atoms with E-state index in [9.17, 15) is 0 Å². The van der Waals surface area contributed by atoms with Crippen molar-refractivity contribution in [2.24, 2.45) is 0 Å². The van der Waals surface area contributed by atoms with Crippen LogP contribution in [-0.2, 0) is 6.42 Å². The maximum Gasteiger partial charge on any atom is 0.0595 e. The molecule has 0 unspecified atom stereocenters. The molecule has 2 aromatic rings. The number of para-hydroxylation sites is 1. The van der Waals surface area contributed by atoms with Crippen LogP contribution in [0.1, 0.15) is 11.3 Å². The maximum atomic E-state index is 2.32. The van der Waals surface area contributed by atoms with E-state index in [1.54, 1.807) is 0 Å². The molecule has 1 aliphatic carbocycles.